The number of aryl methyl sites for hydroxylation is 1. The van der Waals surface area contributed by atoms with Crippen LogP contribution in [0.15, 0.2) is 18.2 Å². The summed E-state index contributed by atoms with van der Waals surface area (Å²) in [4.78, 5) is 0. The molecule has 1 aromatic rings. The van der Waals surface area contributed by atoms with E-state index in [1.54, 1.807) is 0 Å². The average Bonchev–Trinajstić information content (AvgIpc) is 2.33. The van der Waals surface area contributed by atoms with Crippen molar-refractivity contribution in [1.82, 2.24) is 0 Å². The Labute approximate surface area is 109 Å². The highest BCUT2D eigenvalue weighted by molar-refractivity contribution is 6.30. The number of anilines is 1. The highest BCUT2D eigenvalue weighted by Gasteiger charge is 2.23. The van der Waals surface area contributed by atoms with Crippen molar-refractivity contribution in [3.05, 3.63) is 28.8 Å². The molecule has 3 heteroatoms. The zero-order valence-corrected chi connectivity index (χ0v) is 11.1. The van der Waals surface area contributed by atoms with Crippen molar-refractivity contribution in [3.63, 3.8) is 0 Å². The number of hydrogen-bond acceptors (Lipinski definition) is 2. The van der Waals surface area contributed by atoms with E-state index in [4.69, 9.17) is 17.3 Å². The maximum atomic E-state index is 5.97. The molecule has 0 spiro atoms. The number of halogens is 1. The van der Waals surface area contributed by atoms with Gasteiger partial charge in [-0.25, -0.2) is 0 Å². The molecule has 94 valence electrons. The van der Waals surface area contributed by atoms with Gasteiger partial charge in [-0.3, -0.25) is 0 Å². The molecule has 2 rings (SSSR count). The molecule has 2 nitrogen and oxygen atoms in total. The molecule has 1 saturated carbocycles. The second-order valence-electron chi connectivity index (χ2n) is 4.99. The minimum absolute atomic E-state index is 0.522. The fourth-order valence-corrected chi connectivity index (χ4v) is 2.90. The van der Waals surface area contributed by atoms with Crippen LogP contribution in [0.25, 0.3) is 0 Å². The summed E-state index contributed by atoms with van der Waals surface area (Å²) in [5.74, 6) is 0.610. The van der Waals surface area contributed by atoms with Crippen LogP contribution in [0.1, 0.15) is 31.2 Å². The summed E-state index contributed by atoms with van der Waals surface area (Å²) in [6.07, 6.45) is 5.10. The zero-order chi connectivity index (χ0) is 12.3. The third-order valence-electron chi connectivity index (χ3n) is 3.74. The minimum atomic E-state index is 0.522. The number of benzene rings is 1. The normalized spacial score (nSPS) is 24.6. The molecule has 0 aliphatic heterocycles. The van der Waals surface area contributed by atoms with Crippen LogP contribution in [-0.4, -0.2) is 12.6 Å². The van der Waals surface area contributed by atoms with E-state index in [9.17, 15) is 0 Å². The van der Waals surface area contributed by atoms with E-state index in [2.05, 4.69) is 18.3 Å². The van der Waals surface area contributed by atoms with Crippen LogP contribution in [0.3, 0.4) is 0 Å². The van der Waals surface area contributed by atoms with E-state index in [1.807, 2.05) is 12.1 Å². The van der Waals surface area contributed by atoms with E-state index in [-0.39, 0.29) is 0 Å². The van der Waals surface area contributed by atoms with Crippen molar-refractivity contribution in [2.75, 3.05) is 11.9 Å². The molecule has 17 heavy (non-hydrogen) atoms. The molecule has 0 saturated heterocycles. The minimum Gasteiger partial charge on any atom is -0.382 e. The van der Waals surface area contributed by atoms with Crippen molar-refractivity contribution >= 4 is 17.3 Å². The van der Waals surface area contributed by atoms with Gasteiger partial charge in [-0.15, -0.1) is 0 Å². The number of nitrogens with two attached hydrogens (primary N) is 1. The fourth-order valence-electron chi connectivity index (χ4n) is 2.67. The van der Waals surface area contributed by atoms with Gasteiger partial charge >= 0.3 is 0 Å². The molecule has 0 bridgehead atoms. The third-order valence-corrected chi connectivity index (χ3v) is 3.98. The van der Waals surface area contributed by atoms with Crippen LogP contribution >= 0.6 is 11.6 Å². The molecule has 0 radical (unpaired) electrons. The Hall–Kier alpha value is -0.730. The molecule has 2 unspecified atom stereocenters. The number of hydrogen-bond donors (Lipinski definition) is 2. The Morgan fingerprint density at radius 3 is 2.82 bits per heavy atom. The van der Waals surface area contributed by atoms with Crippen LogP contribution in [0.5, 0.6) is 0 Å². The van der Waals surface area contributed by atoms with Gasteiger partial charge in [0.25, 0.3) is 0 Å². The van der Waals surface area contributed by atoms with E-state index in [0.29, 0.717) is 12.0 Å². The van der Waals surface area contributed by atoms with Crippen molar-refractivity contribution in [3.8, 4) is 0 Å². The van der Waals surface area contributed by atoms with Gasteiger partial charge in [0.05, 0.1) is 0 Å². The van der Waals surface area contributed by atoms with Gasteiger partial charge in [0, 0.05) is 16.8 Å². The summed E-state index contributed by atoms with van der Waals surface area (Å²) >= 11 is 5.97. The van der Waals surface area contributed by atoms with E-state index < -0.39 is 0 Å². The molecular formula is C14H21ClN2. The molecule has 0 heterocycles. The summed E-state index contributed by atoms with van der Waals surface area (Å²) in [5, 5.41) is 4.44. The molecule has 0 aromatic heterocycles. The topological polar surface area (TPSA) is 38.0 Å². The second-order valence-corrected chi connectivity index (χ2v) is 5.43. The third kappa shape index (κ3) is 3.14. The van der Waals surface area contributed by atoms with Gasteiger partial charge < -0.3 is 11.1 Å². The monoisotopic (exact) mass is 252 g/mol. The SMILES string of the molecule is Cc1cc(Cl)ccc1NC1CCCCC1CN. The first-order valence-electron chi connectivity index (χ1n) is 6.43. The fraction of sp³-hybridized carbons (Fsp3) is 0.571. The largest absolute Gasteiger partial charge is 0.382 e. The van der Waals surface area contributed by atoms with Crippen molar-refractivity contribution in [2.45, 2.75) is 38.6 Å². The first-order chi connectivity index (χ1) is 8.20. The van der Waals surface area contributed by atoms with Crippen LogP contribution < -0.4 is 11.1 Å². The quantitative estimate of drug-likeness (QED) is 0.863. The Balaban J connectivity index is 2.08. The average molecular weight is 253 g/mol. The smallest absolute Gasteiger partial charge is 0.0410 e. The van der Waals surface area contributed by atoms with Crippen LogP contribution in [0.4, 0.5) is 5.69 Å². The van der Waals surface area contributed by atoms with Gasteiger partial charge in [0.15, 0.2) is 0 Å². The predicted octanol–water partition coefficient (Wildman–Crippen LogP) is 3.58. The summed E-state index contributed by atoms with van der Waals surface area (Å²) in [7, 11) is 0. The van der Waals surface area contributed by atoms with Crippen LogP contribution in [-0.2, 0) is 0 Å². The molecule has 1 aliphatic rings. The lowest BCUT2D eigenvalue weighted by molar-refractivity contribution is 0.332. The van der Waals surface area contributed by atoms with Crippen LogP contribution in [0, 0.1) is 12.8 Å². The Kier molecular flexibility index (Phi) is 4.30. The highest BCUT2D eigenvalue weighted by Crippen LogP contribution is 2.28. The predicted molar refractivity (Wildman–Crippen MR) is 74.6 cm³/mol. The van der Waals surface area contributed by atoms with Gasteiger partial charge in [0.1, 0.15) is 0 Å². The first kappa shape index (κ1) is 12.7. The molecule has 1 aliphatic carbocycles. The summed E-state index contributed by atoms with van der Waals surface area (Å²) in [6, 6.07) is 6.54. The lowest BCUT2D eigenvalue weighted by atomic mass is 9.84. The number of nitrogens with one attached hydrogen (secondary N) is 1. The Bertz CT molecular complexity index is 378. The maximum Gasteiger partial charge on any atom is 0.0410 e. The molecule has 0 amide bonds. The lowest BCUT2D eigenvalue weighted by Crippen LogP contribution is -2.36. The van der Waals surface area contributed by atoms with Crippen molar-refractivity contribution < 1.29 is 0 Å². The van der Waals surface area contributed by atoms with E-state index in [0.717, 1.165) is 11.6 Å². The second kappa shape index (κ2) is 5.74. The summed E-state index contributed by atoms with van der Waals surface area (Å²) in [5.41, 5.74) is 8.25. The zero-order valence-electron chi connectivity index (χ0n) is 10.4. The Morgan fingerprint density at radius 2 is 2.12 bits per heavy atom. The van der Waals surface area contributed by atoms with Gasteiger partial charge in [-0.1, -0.05) is 24.4 Å². The van der Waals surface area contributed by atoms with Gasteiger partial charge in [-0.05, 0) is 56.0 Å². The molecule has 1 fully saturated rings. The number of rotatable bonds is 3. The maximum absolute atomic E-state index is 5.97. The first-order valence-corrected chi connectivity index (χ1v) is 6.81. The summed E-state index contributed by atoms with van der Waals surface area (Å²) < 4.78 is 0. The molecule has 3 N–H and O–H groups in total. The highest BCUT2D eigenvalue weighted by atomic mass is 35.5. The molecular weight excluding hydrogens is 232 g/mol. The standard InChI is InChI=1S/C14H21ClN2/c1-10-8-12(15)6-7-13(10)17-14-5-3-2-4-11(14)9-16/h6-8,11,14,17H,2-5,9,16H2,1H3. The van der Waals surface area contributed by atoms with Gasteiger partial charge in [0.2, 0.25) is 0 Å². The molecule has 2 atom stereocenters. The van der Waals surface area contributed by atoms with Gasteiger partial charge in [-0.2, -0.15) is 0 Å². The van der Waals surface area contributed by atoms with Crippen molar-refractivity contribution in [1.29, 1.82) is 0 Å². The van der Waals surface area contributed by atoms with Crippen molar-refractivity contribution in [2.24, 2.45) is 11.7 Å². The van der Waals surface area contributed by atoms with E-state index >= 15 is 0 Å². The summed E-state index contributed by atoms with van der Waals surface area (Å²) in [6.45, 7) is 2.87. The lowest BCUT2D eigenvalue weighted by Gasteiger charge is -2.32. The Morgan fingerprint density at radius 1 is 1.35 bits per heavy atom. The van der Waals surface area contributed by atoms with Crippen LogP contribution in [0.2, 0.25) is 5.02 Å². The van der Waals surface area contributed by atoms with E-state index in [1.165, 1.54) is 36.9 Å². The molecule has 1 aromatic carbocycles.